The third kappa shape index (κ3) is 2.67. The molecule has 0 bridgehead atoms. The first-order valence-corrected chi connectivity index (χ1v) is 5.86. The summed E-state index contributed by atoms with van der Waals surface area (Å²) in [5, 5.41) is 8.92. The molecule has 0 atom stereocenters. The highest BCUT2D eigenvalue weighted by Crippen LogP contribution is 2.33. The highest BCUT2D eigenvalue weighted by atomic mass is 19.4. The number of pyridine rings is 1. The van der Waals surface area contributed by atoms with Crippen molar-refractivity contribution in [3.05, 3.63) is 63.6 Å². The zero-order chi connectivity index (χ0) is 15.8. The molecular formula is C14H10F3NO3. The number of hydrogen-bond acceptors (Lipinski definition) is 2. The van der Waals surface area contributed by atoms with Crippen LogP contribution in [-0.4, -0.2) is 15.6 Å². The van der Waals surface area contributed by atoms with Gasteiger partial charge in [0.15, 0.2) is 0 Å². The molecule has 110 valence electrons. The molecule has 1 aromatic carbocycles. The predicted molar refractivity (Wildman–Crippen MR) is 68.7 cm³/mol. The van der Waals surface area contributed by atoms with Crippen LogP contribution >= 0.6 is 0 Å². The summed E-state index contributed by atoms with van der Waals surface area (Å²) in [5.74, 6) is -1.49. The number of halogens is 3. The molecule has 0 aliphatic heterocycles. The van der Waals surface area contributed by atoms with E-state index >= 15 is 0 Å². The van der Waals surface area contributed by atoms with Crippen LogP contribution in [0.5, 0.6) is 0 Å². The van der Waals surface area contributed by atoms with Crippen LogP contribution in [0.4, 0.5) is 13.2 Å². The van der Waals surface area contributed by atoms with E-state index in [9.17, 15) is 22.8 Å². The topological polar surface area (TPSA) is 59.3 Å². The summed E-state index contributed by atoms with van der Waals surface area (Å²) >= 11 is 0. The smallest absolute Gasteiger partial charge is 0.418 e. The van der Waals surface area contributed by atoms with E-state index in [1.807, 2.05) is 0 Å². The number of carboxylic acids is 1. The van der Waals surface area contributed by atoms with E-state index < -0.39 is 34.5 Å². The van der Waals surface area contributed by atoms with E-state index in [2.05, 4.69) is 0 Å². The Kier molecular flexibility index (Phi) is 3.59. The van der Waals surface area contributed by atoms with Gasteiger partial charge >= 0.3 is 12.1 Å². The molecule has 0 amide bonds. The number of rotatable bonds is 2. The minimum Gasteiger partial charge on any atom is -0.477 e. The average molecular weight is 297 g/mol. The fourth-order valence-corrected chi connectivity index (χ4v) is 2.00. The molecule has 2 rings (SSSR count). The third-order valence-electron chi connectivity index (χ3n) is 2.96. The largest absolute Gasteiger partial charge is 0.477 e. The number of alkyl halides is 3. The zero-order valence-electron chi connectivity index (χ0n) is 10.8. The highest BCUT2D eigenvalue weighted by molar-refractivity contribution is 5.87. The lowest BCUT2D eigenvalue weighted by atomic mass is 10.1. The standard InChI is InChI=1S/C14H10F3NO3/c1-8-6-7-9(13(20)21)12(19)18(8)11-5-3-2-4-10(11)14(15,16)17/h2-7H,1H3,(H,20,21). The maximum Gasteiger partial charge on any atom is 0.418 e. The quantitative estimate of drug-likeness (QED) is 0.927. The minimum atomic E-state index is -4.65. The Balaban J connectivity index is 2.83. The Bertz CT molecular complexity index is 763. The molecule has 0 unspecified atom stereocenters. The van der Waals surface area contributed by atoms with Gasteiger partial charge in [0.05, 0.1) is 11.3 Å². The van der Waals surface area contributed by atoms with Crippen LogP contribution in [0.3, 0.4) is 0 Å². The number of aromatic carboxylic acids is 1. The molecule has 21 heavy (non-hydrogen) atoms. The number of carboxylic acid groups (broad SMARTS) is 1. The maximum absolute atomic E-state index is 13.0. The van der Waals surface area contributed by atoms with Gasteiger partial charge in [-0.15, -0.1) is 0 Å². The lowest BCUT2D eigenvalue weighted by molar-refractivity contribution is -0.137. The van der Waals surface area contributed by atoms with E-state index in [4.69, 9.17) is 5.11 Å². The van der Waals surface area contributed by atoms with Gasteiger partial charge in [-0.2, -0.15) is 13.2 Å². The normalized spacial score (nSPS) is 11.4. The van der Waals surface area contributed by atoms with Gasteiger partial charge in [-0.1, -0.05) is 12.1 Å². The van der Waals surface area contributed by atoms with Gasteiger partial charge in [0.25, 0.3) is 5.56 Å². The van der Waals surface area contributed by atoms with Crippen molar-refractivity contribution in [2.24, 2.45) is 0 Å². The van der Waals surface area contributed by atoms with Crippen LogP contribution in [0.2, 0.25) is 0 Å². The third-order valence-corrected chi connectivity index (χ3v) is 2.96. The fraction of sp³-hybridized carbons (Fsp3) is 0.143. The molecular weight excluding hydrogens is 287 g/mol. The number of benzene rings is 1. The second-order valence-electron chi connectivity index (χ2n) is 4.35. The molecule has 0 saturated carbocycles. The first kappa shape index (κ1) is 14.8. The summed E-state index contributed by atoms with van der Waals surface area (Å²) < 4.78 is 39.8. The molecule has 0 saturated heterocycles. The fourth-order valence-electron chi connectivity index (χ4n) is 2.00. The van der Waals surface area contributed by atoms with Gasteiger partial charge in [-0.3, -0.25) is 9.36 Å². The van der Waals surface area contributed by atoms with Crippen molar-refractivity contribution < 1.29 is 23.1 Å². The minimum absolute atomic E-state index is 0.210. The maximum atomic E-state index is 13.0. The van der Waals surface area contributed by atoms with E-state index in [0.29, 0.717) is 0 Å². The van der Waals surface area contributed by atoms with Gasteiger partial charge in [-0.25, -0.2) is 4.79 Å². The van der Waals surface area contributed by atoms with Gasteiger partial charge < -0.3 is 5.11 Å². The van der Waals surface area contributed by atoms with E-state index in [0.717, 1.165) is 22.8 Å². The molecule has 1 aromatic heterocycles. The second-order valence-corrected chi connectivity index (χ2v) is 4.35. The monoisotopic (exact) mass is 297 g/mol. The molecule has 0 fully saturated rings. The molecule has 1 heterocycles. The van der Waals surface area contributed by atoms with Crippen molar-refractivity contribution >= 4 is 5.97 Å². The Morgan fingerprint density at radius 3 is 2.33 bits per heavy atom. The Morgan fingerprint density at radius 1 is 1.14 bits per heavy atom. The number of aryl methyl sites for hydroxylation is 1. The molecule has 2 aromatic rings. The summed E-state index contributed by atoms with van der Waals surface area (Å²) in [6.07, 6.45) is -4.65. The summed E-state index contributed by atoms with van der Waals surface area (Å²) in [6.45, 7) is 1.43. The summed E-state index contributed by atoms with van der Waals surface area (Å²) in [5.41, 5.74) is -2.77. The van der Waals surface area contributed by atoms with Gasteiger partial charge in [0.2, 0.25) is 0 Å². The van der Waals surface area contributed by atoms with Crippen LogP contribution in [0.1, 0.15) is 21.6 Å². The lowest BCUT2D eigenvalue weighted by Crippen LogP contribution is -2.28. The van der Waals surface area contributed by atoms with Crippen molar-refractivity contribution in [2.75, 3.05) is 0 Å². The van der Waals surface area contributed by atoms with Crippen LogP contribution in [-0.2, 0) is 6.18 Å². The van der Waals surface area contributed by atoms with E-state index in [-0.39, 0.29) is 5.69 Å². The Hall–Kier alpha value is -2.57. The van der Waals surface area contributed by atoms with E-state index in [1.165, 1.54) is 25.1 Å². The lowest BCUT2D eigenvalue weighted by Gasteiger charge is -2.16. The molecule has 0 spiro atoms. The summed E-state index contributed by atoms with van der Waals surface area (Å²) in [6, 6.07) is 6.89. The average Bonchev–Trinajstić information content (AvgIpc) is 2.37. The summed E-state index contributed by atoms with van der Waals surface area (Å²) in [7, 11) is 0. The number of aromatic nitrogens is 1. The Morgan fingerprint density at radius 2 is 1.76 bits per heavy atom. The molecule has 1 N–H and O–H groups in total. The second kappa shape index (κ2) is 5.08. The van der Waals surface area contributed by atoms with Gasteiger partial charge in [-0.05, 0) is 31.2 Å². The molecule has 4 nitrogen and oxygen atoms in total. The molecule has 7 heteroatoms. The molecule has 0 aliphatic rings. The van der Waals surface area contributed by atoms with Crippen molar-refractivity contribution in [2.45, 2.75) is 13.1 Å². The molecule has 0 aliphatic carbocycles. The first-order valence-electron chi connectivity index (χ1n) is 5.86. The van der Waals surface area contributed by atoms with Crippen molar-refractivity contribution in [1.29, 1.82) is 0 Å². The van der Waals surface area contributed by atoms with Gasteiger partial charge in [0.1, 0.15) is 5.56 Å². The van der Waals surface area contributed by atoms with Crippen LogP contribution < -0.4 is 5.56 Å². The Labute approximate surface area is 117 Å². The SMILES string of the molecule is Cc1ccc(C(=O)O)c(=O)n1-c1ccccc1C(F)(F)F. The van der Waals surface area contributed by atoms with E-state index in [1.54, 1.807) is 0 Å². The van der Waals surface area contributed by atoms with Crippen LogP contribution in [0.15, 0.2) is 41.2 Å². The van der Waals surface area contributed by atoms with Crippen molar-refractivity contribution in [1.82, 2.24) is 4.57 Å². The van der Waals surface area contributed by atoms with Gasteiger partial charge in [0, 0.05) is 5.69 Å². The molecule has 0 radical (unpaired) electrons. The number of nitrogens with zero attached hydrogens (tertiary/aromatic N) is 1. The number of para-hydroxylation sites is 1. The van der Waals surface area contributed by atoms with Crippen LogP contribution in [0, 0.1) is 6.92 Å². The predicted octanol–water partition coefficient (Wildman–Crippen LogP) is 2.86. The number of carbonyl (C=O) groups is 1. The first-order chi connectivity index (χ1) is 9.73. The zero-order valence-corrected chi connectivity index (χ0v) is 10.8. The number of hydrogen-bond donors (Lipinski definition) is 1. The van der Waals surface area contributed by atoms with Crippen molar-refractivity contribution in [3.8, 4) is 5.69 Å². The van der Waals surface area contributed by atoms with Crippen molar-refractivity contribution in [3.63, 3.8) is 0 Å². The van der Waals surface area contributed by atoms with Crippen LogP contribution in [0.25, 0.3) is 5.69 Å². The highest BCUT2D eigenvalue weighted by Gasteiger charge is 2.34. The summed E-state index contributed by atoms with van der Waals surface area (Å²) in [4.78, 5) is 23.1.